The van der Waals surface area contributed by atoms with Gasteiger partial charge in [-0.15, -0.1) is 0 Å². The summed E-state index contributed by atoms with van der Waals surface area (Å²) in [6.45, 7) is 5.42. The molecule has 0 unspecified atom stereocenters. The third-order valence-electron chi connectivity index (χ3n) is 1.06. The van der Waals surface area contributed by atoms with Crippen molar-refractivity contribution in [2.45, 2.75) is 26.4 Å². The first-order valence-electron chi connectivity index (χ1n) is 3.83. The zero-order valence-electron chi connectivity index (χ0n) is 7.17. The predicted molar refractivity (Wildman–Crippen MR) is 41.4 cm³/mol. The van der Waals surface area contributed by atoms with Gasteiger partial charge in [-0.2, -0.15) is 0 Å². The van der Waals surface area contributed by atoms with Gasteiger partial charge in [-0.3, -0.25) is 0 Å². The molecule has 0 aromatic rings. The maximum Gasteiger partial charge on any atom is 0.147 e. The van der Waals surface area contributed by atoms with Gasteiger partial charge >= 0.3 is 0 Å². The second-order valence-electron chi connectivity index (χ2n) is 2.50. The van der Waals surface area contributed by atoms with Gasteiger partial charge < -0.3 is 14.7 Å². The molecule has 0 spiro atoms. The van der Waals surface area contributed by atoms with E-state index in [9.17, 15) is 0 Å². The van der Waals surface area contributed by atoms with Crippen LogP contribution in [0.5, 0.6) is 0 Å². The highest BCUT2D eigenvalue weighted by molar-refractivity contribution is 4.35. The monoisotopic (exact) mass is 163 g/mol. The molecule has 68 valence electrons. The van der Waals surface area contributed by atoms with E-state index in [1.807, 2.05) is 19.3 Å². The second-order valence-corrected chi connectivity index (χ2v) is 2.50. The largest absolute Gasteiger partial charge is 0.355 e. The van der Waals surface area contributed by atoms with Crippen LogP contribution in [0, 0.1) is 0 Å². The molecule has 0 aliphatic carbocycles. The highest BCUT2D eigenvalue weighted by Gasteiger charge is 1.91. The number of nitrogens with one attached hydrogen (secondary N) is 1. The van der Waals surface area contributed by atoms with Gasteiger partial charge in [0.15, 0.2) is 0 Å². The van der Waals surface area contributed by atoms with Crippen molar-refractivity contribution in [1.29, 1.82) is 0 Å². The van der Waals surface area contributed by atoms with Crippen LogP contribution in [0.15, 0.2) is 0 Å². The Morgan fingerprint density at radius 2 is 2.18 bits per heavy atom. The molecule has 0 saturated heterocycles. The van der Waals surface area contributed by atoms with Gasteiger partial charge in [0.2, 0.25) is 0 Å². The number of ether oxygens (including phenoxy) is 2. The van der Waals surface area contributed by atoms with Crippen LogP contribution in [-0.4, -0.2) is 31.3 Å². The summed E-state index contributed by atoms with van der Waals surface area (Å²) in [7, 11) is 0. The van der Waals surface area contributed by atoms with Gasteiger partial charge in [0.05, 0.1) is 12.7 Å². The summed E-state index contributed by atoms with van der Waals surface area (Å²) in [4.78, 5) is 0. The fraction of sp³-hybridized carbons (Fsp3) is 1.00. The molecule has 0 aliphatic heterocycles. The molecule has 0 fully saturated rings. The first kappa shape index (κ1) is 10.8. The smallest absolute Gasteiger partial charge is 0.147 e. The molecule has 0 aromatic heterocycles. The lowest BCUT2D eigenvalue weighted by Crippen LogP contribution is -2.13. The van der Waals surface area contributed by atoms with Crippen LogP contribution < -0.4 is 5.48 Å². The normalized spacial score (nSPS) is 10.9. The molecule has 4 nitrogen and oxygen atoms in total. The summed E-state index contributed by atoms with van der Waals surface area (Å²) in [6, 6.07) is 0. The Hall–Kier alpha value is -0.160. The van der Waals surface area contributed by atoms with E-state index in [4.69, 9.17) is 14.7 Å². The summed E-state index contributed by atoms with van der Waals surface area (Å²) in [5.74, 6) is 0. The Balaban J connectivity index is 2.80. The Bertz CT molecular complexity index is 78.1. The highest BCUT2D eigenvalue weighted by atomic mass is 16.7. The van der Waals surface area contributed by atoms with Crippen molar-refractivity contribution in [1.82, 2.24) is 5.48 Å². The Kier molecular flexibility index (Phi) is 7.83. The molecular weight excluding hydrogens is 146 g/mol. The molecule has 4 heteroatoms. The molecule has 0 aromatic carbocycles. The molecule has 0 radical (unpaired) electrons. The number of hydroxylamine groups is 1. The lowest BCUT2D eigenvalue weighted by molar-refractivity contribution is -0.0795. The lowest BCUT2D eigenvalue weighted by Gasteiger charge is -2.07. The van der Waals surface area contributed by atoms with Gasteiger partial charge in [-0.25, -0.2) is 5.48 Å². The van der Waals surface area contributed by atoms with Gasteiger partial charge in [-0.1, -0.05) is 0 Å². The van der Waals surface area contributed by atoms with E-state index in [0.717, 1.165) is 6.42 Å². The first-order valence-corrected chi connectivity index (χ1v) is 3.83. The fourth-order valence-electron chi connectivity index (χ4n) is 0.496. The third kappa shape index (κ3) is 9.84. The van der Waals surface area contributed by atoms with Crippen LogP contribution in [0.25, 0.3) is 0 Å². The average molecular weight is 163 g/mol. The van der Waals surface area contributed by atoms with Crippen LogP contribution in [0.1, 0.15) is 20.3 Å². The molecule has 2 N–H and O–H groups in total. The van der Waals surface area contributed by atoms with Crippen LogP contribution in [-0.2, 0) is 9.47 Å². The second kappa shape index (κ2) is 7.94. The minimum Gasteiger partial charge on any atom is -0.355 e. The van der Waals surface area contributed by atoms with Crippen LogP contribution in [0.2, 0.25) is 0 Å². The topological polar surface area (TPSA) is 50.7 Å². The van der Waals surface area contributed by atoms with Crippen molar-refractivity contribution in [2.75, 3.05) is 19.9 Å². The van der Waals surface area contributed by atoms with Crippen molar-refractivity contribution in [3.63, 3.8) is 0 Å². The lowest BCUT2D eigenvalue weighted by atomic mass is 10.5. The summed E-state index contributed by atoms with van der Waals surface area (Å²) >= 11 is 0. The van der Waals surface area contributed by atoms with E-state index in [2.05, 4.69) is 0 Å². The van der Waals surface area contributed by atoms with E-state index in [1.165, 1.54) is 0 Å². The van der Waals surface area contributed by atoms with E-state index in [1.54, 1.807) is 0 Å². The van der Waals surface area contributed by atoms with Gasteiger partial charge in [0.25, 0.3) is 0 Å². The molecule has 11 heavy (non-hydrogen) atoms. The quantitative estimate of drug-likeness (QED) is 0.330. The average Bonchev–Trinajstić information content (AvgIpc) is 1.96. The summed E-state index contributed by atoms with van der Waals surface area (Å²) in [5.41, 5.74) is 2.05. The van der Waals surface area contributed by atoms with Crippen molar-refractivity contribution >= 4 is 0 Å². The van der Waals surface area contributed by atoms with Crippen LogP contribution in [0.4, 0.5) is 0 Å². The molecule has 0 aliphatic rings. The zero-order chi connectivity index (χ0) is 8.53. The van der Waals surface area contributed by atoms with E-state index >= 15 is 0 Å². The molecule has 0 amide bonds. The van der Waals surface area contributed by atoms with Crippen molar-refractivity contribution in [2.24, 2.45) is 0 Å². The maximum atomic E-state index is 8.17. The van der Waals surface area contributed by atoms with Crippen LogP contribution >= 0.6 is 0 Å². The fourth-order valence-corrected chi connectivity index (χ4v) is 0.496. The predicted octanol–water partition coefficient (Wildman–Crippen LogP) is 0.754. The van der Waals surface area contributed by atoms with Crippen molar-refractivity contribution in [3.8, 4) is 0 Å². The number of rotatable bonds is 7. The van der Waals surface area contributed by atoms with E-state index in [-0.39, 0.29) is 6.10 Å². The maximum absolute atomic E-state index is 8.17. The van der Waals surface area contributed by atoms with Crippen molar-refractivity contribution in [3.05, 3.63) is 0 Å². The van der Waals surface area contributed by atoms with Gasteiger partial charge in [-0.05, 0) is 20.3 Å². The zero-order valence-corrected chi connectivity index (χ0v) is 7.17. The van der Waals surface area contributed by atoms with E-state index in [0.29, 0.717) is 19.9 Å². The Morgan fingerprint density at radius 3 is 2.73 bits per heavy atom. The minimum atomic E-state index is 0.214. The number of hydrogen-bond donors (Lipinski definition) is 2. The highest BCUT2D eigenvalue weighted by Crippen LogP contribution is 1.88. The van der Waals surface area contributed by atoms with Crippen molar-refractivity contribution < 1.29 is 14.7 Å². The van der Waals surface area contributed by atoms with Gasteiger partial charge in [0.1, 0.15) is 6.79 Å². The molecule has 0 bridgehead atoms. The van der Waals surface area contributed by atoms with Crippen LogP contribution in [0.3, 0.4) is 0 Å². The summed E-state index contributed by atoms with van der Waals surface area (Å²) in [5, 5.41) is 8.17. The Morgan fingerprint density at radius 1 is 1.45 bits per heavy atom. The third-order valence-corrected chi connectivity index (χ3v) is 1.06. The Labute approximate surface area is 67.5 Å². The minimum absolute atomic E-state index is 0.214. The standard InChI is InChI=1S/C7H17NO3/c1-7(2)11-6-10-5-3-4-8-9/h7-9H,3-6H2,1-2H3. The molecular formula is C7H17NO3. The molecule has 0 rings (SSSR count). The molecule has 0 saturated carbocycles. The molecule has 0 atom stereocenters. The number of hydrogen-bond acceptors (Lipinski definition) is 4. The summed E-state index contributed by atoms with van der Waals surface area (Å²) < 4.78 is 10.2. The van der Waals surface area contributed by atoms with Gasteiger partial charge in [0, 0.05) is 6.54 Å². The summed E-state index contributed by atoms with van der Waals surface area (Å²) in [6.07, 6.45) is 1.00. The first-order chi connectivity index (χ1) is 5.27. The molecule has 0 heterocycles. The van der Waals surface area contributed by atoms with E-state index < -0.39 is 0 Å². The SMILES string of the molecule is CC(C)OCOCCCNO.